The normalized spacial score (nSPS) is 10.2. The fourth-order valence-corrected chi connectivity index (χ4v) is 2.66. The van der Waals surface area contributed by atoms with Crippen molar-refractivity contribution in [2.45, 2.75) is 0 Å². The number of amides is 2. The van der Waals surface area contributed by atoms with Gasteiger partial charge in [0.1, 0.15) is 11.6 Å². The average Bonchev–Trinajstić information content (AvgIpc) is 2.69. The van der Waals surface area contributed by atoms with Crippen LogP contribution in [-0.2, 0) is 0 Å². The molecule has 0 saturated heterocycles. The van der Waals surface area contributed by atoms with Gasteiger partial charge in [0, 0.05) is 16.3 Å². The summed E-state index contributed by atoms with van der Waals surface area (Å²) in [4.78, 5) is 25.1. The van der Waals surface area contributed by atoms with E-state index in [1.54, 1.807) is 37.4 Å². The second-order valence-corrected chi connectivity index (χ2v) is 6.27. The fraction of sp³-hybridized carbons (Fsp3) is 0.0476. The van der Waals surface area contributed by atoms with E-state index in [1.807, 2.05) is 0 Å². The number of methoxy groups -OCH3 is 1. The molecule has 3 aromatic carbocycles. The van der Waals surface area contributed by atoms with Crippen LogP contribution in [0.5, 0.6) is 5.75 Å². The second-order valence-electron chi connectivity index (χ2n) is 5.83. The summed E-state index contributed by atoms with van der Waals surface area (Å²) in [5, 5.41) is 5.75. The Morgan fingerprint density at radius 2 is 1.57 bits per heavy atom. The van der Waals surface area contributed by atoms with E-state index in [1.165, 1.54) is 36.4 Å². The maximum atomic E-state index is 13.0. The molecule has 0 saturated carbocycles. The molecule has 0 radical (unpaired) electrons. The molecule has 3 rings (SSSR count). The van der Waals surface area contributed by atoms with Crippen molar-refractivity contribution in [1.29, 1.82) is 0 Å². The third-order valence-electron chi connectivity index (χ3n) is 3.93. The molecule has 3 aromatic rings. The zero-order valence-corrected chi connectivity index (χ0v) is 15.6. The predicted molar refractivity (Wildman–Crippen MR) is 107 cm³/mol. The zero-order chi connectivity index (χ0) is 20.1. The first-order chi connectivity index (χ1) is 13.5. The Kier molecular flexibility index (Phi) is 5.91. The summed E-state index contributed by atoms with van der Waals surface area (Å²) >= 11 is 6.02. The lowest BCUT2D eigenvalue weighted by molar-refractivity contribution is 0.102. The number of halogens is 2. The number of rotatable bonds is 5. The van der Waals surface area contributed by atoms with Gasteiger partial charge in [0.2, 0.25) is 0 Å². The molecule has 0 unspecified atom stereocenters. The summed E-state index contributed by atoms with van der Waals surface area (Å²) in [6.07, 6.45) is 0. The van der Waals surface area contributed by atoms with Gasteiger partial charge in [0.25, 0.3) is 11.8 Å². The molecule has 28 heavy (non-hydrogen) atoms. The van der Waals surface area contributed by atoms with Crippen LogP contribution in [0, 0.1) is 5.82 Å². The lowest BCUT2D eigenvalue weighted by Gasteiger charge is -2.12. The van der Waals surface area contributed by atoms with E-state index in [9.17, 15) is 14.0 Å². The van der Waals surface area contributed by atoms with Gasteiger partial charge < -0.3 is 15.4 Å². The third-order valence-corrected chi connectivity index (χ3v) is 4.16. The summed E-state index contributed by atoms with van der Waals surface area (Å²) in [7, 11) is 1.55. The third kappa shape index (κ3) is 4.66. The van der Waals surface area contributed by atoms with Crippen molar-refractivity contribution in [2.24, 2.45) is 0 Å². The Bertz CT molecular complexity index is 1010. The van der Waals surface area contributed by atoms with Gasteiger partial charge in [-0.15, -0.1) is 0 Å². The smallest absolute Gasteiger partial charge is 0.257 e. The van der Waals surface area contributed by atoms with E-state index >= 15 is 0 Å². The number of carbonyl (C=O) groups is 2. The number of hydrogen-bond donors (Lipinski definition) is 2. The van der Waals surface area contributed by atoms with E-state index in [0.29, 0.717) is 16.5 Å². The summed E-state index contributed by atoms with van der Waals surface area (Å²) in [5.41, 5.74) is 1.29. The highest BCUT2D eigenvalue weighted by molar-refractivity contribution is 6.31. The second kappa shape index (κ2) is 8.54. The van der Waals surface area contributed by atoms with Gasteiger partial charge in [-0.3, -0.25) is 9.59 Å². The molecule has 5 nitrogen and oxygen atoms in total. The number of ether oxygens (including phenoxy) is 1. The van der Waals surface area contributed by atoms with Gasteiger partial charge in [-0.25, -0.2) is 4.39 Å². The molecule has 142 valence electrons. The van der Waals surface area contributed by atoms with Crippen molar-refractivity contribution in [3.05, 3.63) is 88.7 Å². The predicted octanol–water partition coefficient (Wildman–Crippen LogP) is 4.99. The fourth-order valence-electron chi connectivity index (χ4n) is 2.49. The van der Waals surface area contributed by atoms with Crippen LogP contribution < -0.4 is 15.4 Å². The van der Waals surface area contributed by atoms with Crippen molar-refractivity contribution in [3.63, 3.8) is 0 Å². The minimum atomic E-state index is -0.485. The first kappa shape index (κ1) is 19.4. The number of nitrogens with one attached hydrogen (secondary N) is 2. The van der Waals surface area contributed by atoms with Gasteiger partial charge in [-0.2, -0.15) is 0 Å². The zero-order valence-electron chi connectivity index (χ0n) is 14.8. The Labute approximate surface area is 166 Å². The van der Waals surface area contributed by atoms with Crippen LogP contribution in [0.1, 0.15) is 20.7 Å². The Morgan fingerprint density at radius 1 is 0.893 bits per heavy atom. The van der Waals surface area contributed by atoms with Crippen LogP contribution in [0.25, 0.3) is 0 Å². The molecule has 0 fully saturated rings. The quantitative estimate of drug-likeness (QED) is 0.636. The number of hydrogen-bond acceptors (Lipinski definition) is 3. The van der Waals surface area contributed by atoms with E-state index in [4.69, 9.17) is 16.3 Å². The summed E-state index contributed by atoms with van der Waals surface area (Å²) in [6, 6.07) is 16.5. The molecule has 0 aliphatic rings. The van der Waals surface area contributed by atoms with E-state index in [2.05, 4.69) is 10.6 Å². The Balaban J connectivity index is 1.82. The molecular weight excluding hydrogens is 383 g/mol. The highest BCUT2D eigenvalue weighted by Gasteiger charge is 2.15. The maximum Gasteiger partial charge on any atom is 0.257 e. The van der Waals surface area contributed by atoms with E-state index in [-0.39, 0.29) is 16.8 Å². The number of anilines is 2. The Hall–Kier alpha value is -3.38. The SMILES string of the molecule is COc1ccc(NC(=O)c2ccc(Cl)cc2NC(=O)c2ccc(F)cc2)cc1. The van der Waals surface area contributed by atoms with Gasteiger partial charge in [-0.05, 0) is 66.7 Å². The van der Waals surface area contributed by atoms with Crippen molar-refractivity contribution in [2.75, 3.05) is 17.7 Å². The lowest BCUT2D eigenvalue weighted by Crippen LogP contribution is -2.18. The first-order valence-electron chi connectivity index (χ1n) is 8.28. The molecular formula is C21H16ClFN2O3. The van der Waals surface area contributed by atoms with Crippen molar-refractivity contribution < 1.29 is 18.7 Å². The molecule has 0 spiro atoms. The Morgan fingerprint density at radius 3 is 2.21 bits per heavy atom. The molecule has 0 aliphatic carbocycles. The first-order valence-corrected chi connectivity index (χ1v) is 8.66. The lowest BCUT2D eigenvalue weighted by atomic mass is 10.1. The van der Waals surface area contributed by atoms with Crippen LogP contribution in [0.3, 0.4) is 0 Å². The molecule has 2 N–H and O–H groups in total. The maximum absolute atomic E-state index is 13.0. The van der Waals surface area contributed by atoms with Crippen molar-refractivity contribution in [1.82, 2.24) is 0 Å². The minimum Gasteiger partial charge on any atom is -0.497 e. The molecule has 0 aliphatic heterocycles. The summed E-state index contributed by atoms with van der Waals surface area (Å²) < 4.78 is 18.1. The van der Waals surface area contributed by atoms with Crippen LogP contribution >= 0.6 is 11.6 Å². The average molecular weight is 399 g/mol. The largest absolute Gasteiger partial charge is 0.497 e. The van der Waals surface area contributed by atoms with Crippen molar-refractivity contribution in [3.8, 4) is 5.75 Å². The summed E-state index contributed by atoms with van der Waals surface area (Å²) in [5.74, 6) is -0.687. The molecule has 0 atom stereocenters. The number of carbonyl (C=O) groups excluding carboxylic acids is 2. The van der Waals surface area contributed by atoms with Gasteiger partial charge in [-0.1, -0.05) is 11.6 Å². The van der Waals surface area contributed by atoms with Crippen LogP contribution in [0.2, 0.25) is 5.02 Å². The highest BCUT2D eigenvalue weighted by Crippen LogP contribution is 2.24. The number of benzene rings is 3. The molecule has 0 aromatic heterocycles. The van der Waals surface area contributed by atoms with Crippen LogP contribution in [0.15, 0.2) is 66.7 Å². The van der Waals surface area contributed by atoms with Crippen LogP contribution in [0.4, 0.5) is 15.8 Å². The summed E-state index contributed by atoms with van der Waals surface area (Å²) in [6.45, 7) is 0. The van der Waals surface area contributed by atoms with Gasteiger partial charge >= 0.3 is 0 Å². The highest BCUT2D eigenvalue weighted by atomic mass is 35.5. The molecule has 0 bridgehead atoms. The van der Waals surface area contributed by atoms with Gasteiger partial charge in [0.15, 0.2) is 0 Å². The standard InChI is InChI=1S/C21H16ClFN2O3/c1-28-17-9-7-16(8-10-17)24-21(27)18-11-4-14(22)12-19(18)25-20(26)13-2-5-15(23)6-3-13/h2-12H,1H3,(H,24,27)(H,25,26). The van der Waals surface area contributed by atoms with E-state index < -0.39 is 17.6 Å². The topological polar surface area (TPSA) is 67.4 Å². The van der Waals surface area contributed by atoms with E-state index in [0.717, 1.165) is 0 Å². The van der Waals surface area contributed by atoms with Gasteiger partial charge in [0.05, 0.1) is 18.4 Å². The van der Waals surface area contributed by atoms with Crippen molar-refractivity contribution >= 4 is 34.8 Å². The monoisotopic (exact) mass is 398 g/mol. The molecule has 7 heteroatoms. The molecule has 0 heterocycles. The van der Waals surface area contributed by atoms with Crippen LogP contribution in [-0.4, -0.2) is 18.9 Å². The minimum absolute atomic E-state index is 0.232. The molecule has 2 amide bonds.